The highest BCUT2D eigenvalue weighted by Gasteiger charge is 2.40. The van der Waals surface area contributed by atoms with Gasteiger partial charge in [0.2, 0.25) is 5.91 Å². The predicted molar refractivity (Wildman–Crippen MR) is 86.6 cm³/mol. The molecule has 0 fully saturated rings. The van der Waals surface area contributed by atoms with Crippen molar-refractivity contribution in [3.63, 3.8) is 0 Å². The van der Waals surface area contributed by atoms with Crippen LogP contribution < -0.4 is 5.32 Å². The van der Waals surface area contributed by atoms with E-state index in [1.54, 1.807) is 0 Å². The molecule has 0 aliphatic rings. The van der Waals surface area contributed by atoms with Crippen molar-refractivity contribution in [3.05, 3.63) is 47.3 Å². The molecule has 0 unspecified atom stereocenters. The minimum absolute atomic E-state index is 0.0691. The number of hydrogen-bond donors (Lipinski definition) is 2. The van der Waals surface area contributed by atoms with Gasteiger partial charge in [-0.25, -0.2) is 9.48 Å². The van der Waals surface area contributed by atoms with Crippen molar-refractivity contribution in [1.29, 1.82) is 0 Å². The standard InChI is InChI=1S/C16H15F3N4O4/c1-20-12(24)8-22(2)14(25)9-3-5-10(6-4-9)23-13(16(17,18)19)11(7-21-23)15(26)27/h3-7H,8H2,1-2H3,(H,20,24)(H,26,27). The van der Waals surface area contributed by atoms with Gasteiger partial charge in [-0.3, -0.25) is 9.59 Å². The average Bonchev–Trinajstić information content (AvgIpc) is 3.06. The van der Waals surface area contributed by atoms with Crippen LogP contribution in [0.5, 0.6) is 0 Å². The molecule has 0 aliphatic heterocycles. The third-order valence-corrected chi connectivity index (χ3v) is 3.63. The van der Waals surface area contributed by atoms with E-state index in [1.165, 1.54) is 38.4 Å². The normalized spacial score (nSPS) is 11.1. The molecule has 0 bridgehead atoms. The van der Waals surface area contributed by atoms with Crippen molar-refractivity contribution < 1.29 is 32.7 Å². The molecule has 0 atom stereocenters. The summed E-state index contributed by atoms with van der Waals surface area (Å²) in [6, 6.07) is 4.93. The molecule has 0 saturated heterocycles. The van der Waals surface area contributed by atoms with Crippen LogP contribution in [0.25, 0.3) is 5.69 Å². The van der Waals surface area contributed by atoms with Crippen LogP contribution in [0.4, 0.5) is 13.2 Å². The lowest BCUT2D eigenvalue weighted by atomic mass is 10.1. The van der Waals surface area contributed by atoms with Gasteiger partial charge < -0.3 is 15.3 Å². The van der Waals surface area contributed by atoms with Gasteiger partial charge in [0.1, 0.15) is 5.56 Å². The summed E-state index contributed by atoms with van der Waals surface area (Å²) in [5.41, 5.74) is -2.33. The minimum Gasteiger partial charge on any atom is -0.478 e. The summed E-state index contributed by atoms with van der Waals surface area (Å²) in [6.45, 7) is -0.184. The number of hydrogen-bond acceptors (Lipinski definition) is 4. The maximum absolute atomic E-state index is 13.2. The highest BCUT2D eigenvalue weighted by molar-refractivity contribution is 5.96. The number of rotatable bonds is 5. The molecule has 2 amide bonds. The quantitative estimate of drug-likeness (QED) is 0.811. The number of carbonyl (C=O) groups excluding carboxylic acids is 2. The smallest absolute Gasteiger partial charge is 0.434 e. The monoisotopic (exact) mass is 384 g/mol. The molecule has 8 nitrogen and oxygen atoms in total. The Balaban J connectivity index is 2.35. The van der Waals surface area contributed by atoms with E-state index in [-0.39, 0.29) is 23.7 Å². The van der Waals surface area contributed by atoms with Crippen LogP contribution >= 0.6 is 0 Å². The average molecular weight is 384 g/mol. The number of halogens is 3. The van der Waals surface area contributed by atoms with E-state index in [4.69, 9.17) is 5.11 Å². The molecule has 27 heavy (non-hydrogen) atoms. The summed E-state index contributed by atoms with van der Waals surface area (Å²) in [6.07, 6.45) is -4.33. The zero-order valence-corrected chi connectivity index (χ0v) is 14.2. The lowest BCUT2D eigenvalue weighted by Crippen LogP contribution is -2.36. The van der Waals surface area contributed by atoms with Gasteiger partial charge in [0, 0.05) is 19.7 Å². The molecule has 0 radical (unpaired) electrons. The summed E-state index contributed by atoms with van der Waals surface area (Å²) < 4.78 is 40.2. The maximum Gasteiger partial charge on any atom is 0.434 e. The summed E-state index contributed by atoms with van der Waals surface area (Å²) in [7, 11) is 2.82. The summed E-state index contributed by atoms with van der Waals surface area (Å²) >= 11 is 0. The first-order valence-corrected chi connectivity index (χ1v) is 7.51. The second-order valence-corrected chi connectivity index (χ2v) is 5.50. The SMILES string of the molecule is CNC(=O)CN(C)C(=O)c1ccc(-n2ncc(C(=O)O)c2C(F)(F)F)cc1. The lowest BCUT2D eigenvalue weighted by Gasteiger charge is -2.16. The Labute approximate surface area is 151 Å². The van der Waals surface area contributed by atoms with E-state index in [0.29, 0.717) is 10.9 Å². The highest BCUT2D eigenvalue weighted by Crippen LogP contribution is 2.33. The molecule has 144 valence electrons. The molecule has 2 N–H and O–H groups in total. The van der Waals surface area contributed by atoms with E-state index in [9.17, 15) is 27.6 Å². The number of benzene rings is 1. The number of aromatic carboxylic acids is 1. The van der Waals surface area contributed by atoms with Crippen molar-refractivity contribution in [2.45, 2.75) is 6.18 Å². The number of nitrogens with one attached hydrogen (secondary N) is 1. The number of aromatic nitrogens is 2. The van der Waals surface area contributed by atoms with Gasteiger partial charge in [0.05, 0.1) is 18.4 Å². The van der Waals surface area contributed by atoms with E-state index >= 15 is 0 Å². The molecule has 0 aliphatic carbocycles. The van der Waals surface area contributed by atoms with Gasteiger partial charge in [-0.05, 0) is 24.3 Å². The Hall–Kier alpha value is -3.37. The second kappa shape index (κ2) is 7.48. The van der Waals surface area contributed by atoms with Gasteiger partial charge in [-0.1, -0.05) is 0 Å². The zero-order valence-electron chi connectivity index (χ0n) is 14.2. The van der Waals surface area contributed by atoms with Crippen LogP contribution in [0.3, 0.4) is 0 Å². The predicted octanol–water partition coefficient (Wildman–Crippen LogP) is 1.41. The van der Waals surface area contributed by atoms with Crippen LogP contribution in [-0.2, 0) is 11.0 Å². The van der Waals surface area contributed by atoms with E-state index in [0.717, 1.165) is 4.90 Å². The number of likely N-dealkylation sites (N-methyl/N-ethyl adjacent to an activating group) is 2. The second-order valence-electron chi connectivity index (χ2n) is 5.50. The number of amides is 2. The highest BCUT2D eigenvalue weighted by atomic mass is 19.4. The van der Waals surface area contributed by atoms with Crippen molar-refractivity contribution in [1.82, 2.24) is 20.0 Å². The molecule has 1 aromatic heterocycles. The molecular weight excluding hydrogens is 369 g/mol. The van der Waals surface area contributed by atoms with Gasteiger partial charge in [0.25, 0.3) is 5.91 Å². The third kappa shape index (κ3) is 4.25. The van der Waals surface area contributed by atoms with Crippen molar-refractivity contribution in [3.8, 4) is 5.69 Å². The fourth-order valence-electron chi connectivity index (χ4n) is 2.31. The van der Waals surface area contributed by atoms with E-state index in [1.807, 2.05) is 0 Å². The lowest BCUT2D eigenvalue weighted by molar-refractivity contribution is -0.143. The van der Waals surface area contributed by atoms with Crippen LogP contribution in [0.15, 0.2) is 30.5 Å². The van der Waals surface area contributed by atoms with Crippen LogP contribution in [0, 0.1) is 0 Å². The Morgan fingerprint density at radius 1 is 1.22 bits per heavy atom. The van der Waals surface area contributed by atoms with E-state index < -0.39 is 29.3 Å². The summed E-state index contributed by atoms with van der Waals surface area (Å²) in [4.78, 5) is 35.7. The number of nitrogens with zero attached hydrogens (tertiary/aromatic N) is 3. The summed E-state index contributed by atoms with van der Waals surface area (Å²) in [5.74, 6) is -2.64. The molecule has 0 spiro atoms. The Morgan fingerprint density at radius 3 is 2.30 bits per heavy atom. The molecule has 2 rings (SSSR count). The van der Waals surface area contributed by atoms with Gasteiger partial charge in [-0.2, -0.15) is 18.3 Å². The first kappa shape index (κ1) is 19.9. The Bertz CT molecular complexity index is 875. The first-order valence-electron chi connectivity index (χ1n) is 7.51. The summed E-state index contributed by atoms with van der Waals surface area (Å²) in [5, 5.41) is 14.8. The van der Waals surface area contributed by atoms with Gasteiger partial charge in [0.15, 0.2) is 5.69 Å². The van der Waals surface area contributed by atoms with Crippen molar-refractivity contribution in [2.75, 3.05) is 20.6 Å². The fraction of sp³-hybridized carbons (Fsp3) is 0.250. The van der Waals surface area contributed by atoms with Crippen LogP contribution in [0.2, 0.25) is 0 Å². The third-order valence-electron chi connectivity index (χ3n) is 3.63. The van der Waals surface area contributed by atoms with Gasteiger partial charge in [-0.15, -0.1) is 0 Å². The molecule has 1 aromatic carbocycles. The number of carboxylic acids is 1. The van der Waals surface area contributed by atoms with E-state index in [2.05, 4.69) is 10.4 Å². The first-order chi connectivity index (χ1) is 12.6. The number of carbonyl (C=O) groups is 3. The molecule has 11 heteroatoms. The maximum atomic E-state index is 13.2. The Kier molecular flexibility index (Phi) is 5.52. The minimum atomic E-state index is -4.94. The molecule has 2 aromatic rings. The molecule has 0 saturated carbocycles. The van der Waals surface area contributed by atoms with Crippen LogP contribution in [0.1, 0.15) is 26.4 Å². The largest absolute Gasteiger partial charge is 0.478 e. The van der Waals surface area contributed by atoms with Crippen molar-refractivity contribution >= 4 is 17.8 Å². The fourth-order valence-corrected chi connectivity index (χ4v) is 2.31. The molecular formula is C16H15F3N4O4. The Morgan fingerprint density at radius 2 is 1.81 bits per heavy atom. The molecule has 1 heterocycles. The zero-order chi connectivity index (χ0) is 20.4. The number of carboxylic acid groups (broad SMARTS) is 1. The van der Waals surface area contributed by atoms with Crippen LogP contribution in [-0.4, -0.2) is 58.2 Å². The topological polar surface area (TPSA) is 105 Å². The van der Waals surface area contributed by atoms with Gasteiger partial charge >= 0.3 is 12.1 Å². The van der Waals surface area contributed by atoms with Crippen molar-refractivity contribution in [2.24, 2.45) is 0 Å². The number of alkyl halides is 3.